The number of alkyl halides is 2. The molecule has 1 aromatic heterocycles. The van der Waals surface area contributed by atoms with E-state index in [1.165, 1.54) is 7.11 Å². The number of carbonyl (C=O) groups is 3. The van der Waals surface area contributed by atoms with Crippen LogP contribution in [0.1, 0.15) is 101 Å². The van der Waals surface area contributed by atoms with Gasteiger partial charge in [-0.3, -0.25) is 14.6 Å². The van der Waals surface area contributed by atoms with Crippen molar-refractivity contribution in [3.8, 4) is 33.5 Å². The van der Waals surface area contributed by atoms with Gasteiger partial charge >= 0.3 is 6.09 Å². The molecule has 1 spiro atoms. The number of rotatable bonds is 14. The van der Waals surface area contributed by atoms with Crippen molar-refractivity contribution >= 4 is 29.3 Å². The molecule has 6 atom stereocenters. The zero-order valence-corrected chi connectivity index (χ0v) is 39.3. The van der Waals surface area contributed by atoms with Crippen LogP contribution in [-0.4, -0.2) is 88.8 Å². The Morgan fingerprint density at radius 1 is 0.910 bits per heavy atom. The van der Waals surface area contributed by atoms with Gasteiger partial charge in [0.15, 0.2) is 5.88 Å². The summed E-state index contributed by atoms with van der Waals surface area (Å²) < 4.78 is 43.5. The number of ether oxygens (including phenoxy) is 2. The molecule has 3 aliphatic carbocycles. The molecule has 352 valence electrons. The summed E-state index contributed by atoms with van der Waals surface area (Å²) in [6, 6.07) is 15.9. The topological polar surface area (TPSA) is 141 Å². The van der Waals surface area contributed by atoms with Crippen LogP contribution >= 0.6 is 0 Å². The number of piperidine rings is 1. The number of alkyl carbamates (subject to hydrolysis) is 1. The number of H-pyrrole nitrogens is 1. The quantitative estimate of drug-likeness (QED) is 0.107. The molecule has 3 N–H and O–H groups in total. The minimum absolute atomic E-state index is 0.0199. The van der Waals surface area contributed by atoms with E-state index in [0.29, 0.717) is 71.5 Å². The lowest BCUT2D eigenvalue weighted by atomic mass is 9.90. The Morgan fingerprint density at radius 2 is 1.61 bits per heavy atom. The first kappa shape index (κ1) is 44.8. The Bertz CT molecular complexity index is 2690. The van der Waals surface area contributed by atoms with Crippen LogP contribution in [-0.2, 0) is 31.4 Å². The van der Waals surface area contributed by atoms with Crippen LogP contribution in [0.25, 0.3) is 33.5 Å². The van der Waals surface area contributed by atoms with E-state index in [4.69, 9.17) is 19.5 Å². The van der Waals surface area contributed by atoms with Crippen molar-refractivity contribution in [2.45, 2.75) is 109 Å². The molecule has 2 saturated heterocycles. The smallest absolute Gasteiger partial charge is 0.406 e. The number of aromatic amines is 1. The number of aliphatic imine (C=N–C) groups is 1. The molecule has 2 bridgehead atoms. The lowest BCUT2D eigenvalue weighted by molar-refractivity contribution is -0.139. The fourth-order valence-corrected chi connectivity index (χ4v) is 11.9. The predicted molar refractivity (Wildman–Crippen MR) is 252 cm³/mol. The molecule has 4 heterocycles. The van der Waals surface area contributed by atoms with E-state index >= 15 is 8.78 Å². The normalized spacial score (nSPS) is 23.2. The summed E-state index contributed by atoms with van der Waals surface area (Å²) in [5.41, 5.74) is 6.61. The Hall–Kier alpha value is -6.05. The van der Waals surface area contributed by atoms with Crippen LogP contribution in [0.4, 0.5) is 19.3 Å². The molecular formula is C53H61F2N7O5. The Morgan fingerprint density at radius 3 is 2.30 bits per heavy atom. The van der Waals surface area contributed by atoms with Gasteiger partial charge in [-0.2, -0.15) is 8.78 Å². The number of imidazole rings is 1. The van der Waals surface area contributed by atoms with Crippen molar-refractivity contribution in [1.82, 2.24) is 30.4 Å². The van der Waals surface area contributed by atoms with Crippen LogP contribution in [0.2, 0.25) is 0 Å². The maximum atomic E-state index is 16.7. The number of aromatic nitrogens is 2. The SMILES string of the molecule is C=C(N[C@H](C(=O)N1[C@@H]2CC[C@@H](C2)[C@H]1C1=Nc2ccc(-c3ccc4c(c3)C(F)(F)c3cc(-c5cnc([C@@H]6CC7(CC7)CN6C(=O)[C@@H](CCNC(=O)OC)C(C)C)[nH]5)ccc3-4)cc2C1)C(C)C)OC. The summed E-state index contributed by atoms with van der Waals surface area (Å²) in [5, 5.41) is 5.91. The number of nitrogens with zero attached hydrogens (tertiary/aromatic N) is 4. The van der Waals surface area contributed by atoms with Gasteiger partial charge in [0.2, 0.25) is 11.8 Å². The summed E-state index contributed by atoms with van der Waals surface area (Å²) in [7, 11) is 2.86. The monoisotopic (exact) mass is 913 g/mol. The second-order valence-corrected chi connectivity index (χ2v) is 20.6. The molecule has 0 unspecified atom stereocenters. The molecule has 2 saturated carbocycles. The van der Waals surface area contributed by atoms with Gasteiger partial charge < -0.3 is 34.9 Å². The van der Waals surface area contributed by atoms with E-state index in [1.807, 2.05) is 56.9 Å². The lowest BCUT2D eigenvalue weighted by Crippen LogP contribution is -2.56. The second kappa shape index (κ2) is 16.9. The number of fused-ring (bicyclic) bond motifs is 6. The van der Waals surface area contributed by atoms with E-state index in [-0.39, 0.29) is 64.2 Å². The molecule has 67 heavy (non-hydrogen) atoms. The van der Waals surface area contributed by atoms with Gasteiger partial charge in [-0.05, 0) is 127 Å². The number of hydrogen-bond donors (Lipinski definition) is 3. The number of carbonyl (C=O) groups excluding carboxylic acids is 3. The van der Waals surface area contributed by atoms with Crippen LogP contribution in [0.15, 0.2) is 78.2 Å². The average Bonchev–Trinajstić information content (AvgIpc) is 3.98. The molecule has 3 amide bonds. The van der Waals surface area contributed by atoms with Crippen molar-refractivity contribution < 1.29 is 32.6 Å². The van der Waals surface area contributed by atoms with E-state index in [9.17, 15) is 14.4 Å². The number of benzene rings is 3. The zero-order valence-electron chi connectivity index (χ0n) is 39.3. The van der Waals surface area contributed by atoms with Crippen LogP contribution < -0.4 is 10.6 Å². The van der Waals surface area contributed by atoms with Crippen molar-refractivity contribution in [2.24, 2.45) is 34.1 Å². The van der Waals surface area contributed by atoms with E-state index in [0.717, 1.165) is 61.1 Å². The molecule has 3 aliphatic heterocycles. The minimum Gasteiger partial charge on any atom is -0.483 e. The standard InChI is InChI=1S/C53H61F2N7O5/c1-28(2)37(16-19-56-51(65)67-7)49(63)61-27-52(17-18-52)25-45(61)48-57-26-44(60-48)33-10-14-39-38-13-9-32(22-40(38)53(54,55)41(39)23-33)31-11-15-42-35(20-31)24-43(59-42)47-34-8-12-36(21-34)62(47)50(64)46(29(3)4)58-30(5)66-6/h9-11,13-15,20,22-23,26,28-29,34,36-37,45-47,58H,5,8,12,16-19,21,24-25,27H2,1-4,6-7H3,(H,56,65)(H,57,60)/t34-,36+,37-,45-,46-,47-/m0/s1. The third kappa shape index (κ3) is 7.87. The summed E-state index contributed by atoms with van der Waals surface area (Å²) in [6.45, 7) is 13.0. The van der Waals surface area contributed by atoms with Gasteiger partial charge in [0.25, 0.3) is 5.92 Å². The molecule has 4 aromatic rings. The first-order chi connectivity index (χ1) is 32.1. The predicted octanol–water partition coefficient (Wildman–Crippen LogP) is 9.68. The Labute approximate surface area is 391 Å². The summed E-state index contributed by atoms with van der Waals surface area (Å²) >= 11 is 0. The van der Waals surface area contributed by atoms with Gasteiger partial charge in [-0.25, -0.2) is 9.78 Å². The van der Waals surface area contributed by atoms with Crippen LogP contribution in [0.5, 0.6) is 0 Å². The Balaban J connectivity index is 0.857. The maximum Gasteiger partial charge on any atom is 0.406 e. The summed E-state index contributed by atoms with van der Waals surface area (Å²) in [5.74, 6) is -2.03. The highest BCUT2D eigenvalue weighted by Gasteiger charge is 2.55. The molecule has 10 rings (SSSR count). The maximum absolute atomic E-state index is 16.7. The fourth-order valence-electron chi connectivity index (χ4n) is 11.9. The van der Waals surface area contributed by atoms with E-state index in [2.05, 4.69) is 33.2 Å². The van der Waals surface area contributed by atoms with Gasteiger partial charge in [-0.15, -0.1) is 0 Å². The second-order valence-electron chi connectivity index (χ2n) is 20.6. The minimum atomic E-state index is -3.25. The Kier molecular flexibility index (Phi) is 11.3. The van der Waals surface area contributed by atoms with Crippen molar-refractivity contribution in [3.05, 3.63) is 95.8 Å². The lowest BCUT2D eigenvalue weighted by Gasteiger charge is -2.39. The number of halogens is 2. The average molecular weight is 914 g/mol. The first-order valence-electron chi connectivity index (χ1n) is 24.0. The molecule has 14 heteroatoms. The highest BCUT2D eigenvalue weighted by atomic mass is 19.3. The fraction of sp³-hybridized carbons (Fsp3) is 0.491. The highest BCUT2D eigenvalue weighted by Crippen LogP contribution is 2.59. The van der Waals surface area contributed by atoms with Gasteiger partial charge in [0.1, 0.15) is 11.9 Å². The third-order valence-electron chi connectivity index (χ3n) is 15.7. The number of likely N-dealkylation sites (tertiary alicyclic amines) is 2. The van der Waals surface area contributed by atoms with E-state index < -0.39 is 18.1 Å². The van der Waals surface area contributed by atoms with E-state index in [1.54, 1.807) is 37.6 Å². The van der Waals surface area contributed by atoms with Crippen molar-refractivity contribution in [3.63, 3.8) is 0 Å². The summed E-state index contributed by atoms with van der Waals surface area (Å²) in [4.78, 5) is 57.5. The molecule has 12 nitrogen and oxygen atoms in total. The number of nitrogens with one attached hydrogen (secondary N) is 3. The van der Waals surface area contributed by atoms with Gasteiger partial charge in [-0.1, -0.05) is 58.0 Å². The highest BCUT2D eigenvalue weighted by molar-refractivity contribution is 6.01. The molecule has 4 fully saturated rings. The first-order valence-corrected chi connectivity index (χ1v) is 24.0. The molecule has 0 radical (unpaired) electrons. The van der Waals surface area contributed by atoms with Gasteiger partial charge in [0, 0.05) is 53.9 Å². The number of hydrogen-bond acceptors (Lipinski definition) is 8. The summed E-state index contributed by atoms with van der Waals surface area (Å²) in [6.07, 6.45) is 8.14. The number of amides is 3. The van der Waals surface area contributed by atoms with Crippen molar-refractivity contribution in [1.29, 1.82) is 0 Å². The zero-order chi connectivity index (χ0) is 47.1. The van der Waals surface area contributed by atoms with Crippen LogP contribution in [0.3, 0.4) is 0 Å². The third-order valence-corrected chi connectivity index (χ3v) is 15.7. The van der Waals surface area contributed by atoms with Gasteiger partial charge in [0.05, 0.1) is 43.9 Å². The largest absolute Gasteiger partial charge is 0.483 e. The van der Waals surface area contributed by atoms with Crippen LogP contribution in [0, 0.1) is 29.1 Å². The van der Waals surface area contributed by atoms with Crippen molar-refractivity contribution in [2.75, 3.05) is 27.3 Å². The molecular weight excluding hydrogens is 853 g/mol. The number of methoxy groups -OCH3 is 2. The molecule has 3 aromatic carbocycles. The molecule has 6 aliphatic rings.